The number of anilines is 2. The van der Waals surface area contributed by atoms with Gasteiger partial charge in [0, 0.05) is 30.3 Å². The first-order valence-electron chi connectivity index (χ1n) is 17.0. The number of guanidine groups is 2. The molecule has 244 valence electrons. The second-order valence-corrected chi connectivity index (χ2v) is 15.0. The lowest BCUT2D eigenvalue weighted by atomic mass is 9.84. The van der Waals surface area contributed by atoms with E-state index in [-0.39, 0.29) is 12.0 Å². The van der Waals surface area contributed by atoms with Crippen LogP contribution in [0.25, 0.3) is 0 Å². The van der Waals surface area contributed by atoms with Gasteiger partial charge < -0.3 is 10.6 Å². The zero-order valence-corrected chi connectivity index (χ0v) is 28.0. The van der Waals surface area contributed by atoms with E-state index in [4.69, 9.17) is 20.8 Å². The van der Waals surface area contributed by atoms with Gasteiger partial charge in [-0.25, -0.2) is 10.1 Å². The summed E-state index contributed by atoms with van der Waals surface area (Å²) in [5.41, 5.74) is 4.63. The number of rotatable bonds is 10. The Morgan fingerprint density at radius 1 is 0.667 bits per heavy atom. The molecule has 0 atom stereocenters. The van der Waals surface area contributed by atoms with Crippen LogP contribution in [0.4, 0.5) is 11.4 Å². The third-order valence-electron chi connectivity index (χ3n) is 9.33. The zero-order valence-electron chi connectivity index (χ0n) is 26.3. The molecule has 0 unspecified atom stereocenters. The topological polar surface area (TPSA) is 90.8 Å². The van der Waals surface area contributed by atoms with Gasteiger partial charge in [0.25, 0.3) is 0 Å². The molecule has 2 fully saturated rings. The highest BCUT2D eigenvalue weighted by Gasteiger charge is 2.35. The summed E-state index contributed by atoms with van der Waals surface area (Å²) < 4.78 is 26.6. The van der Waals surface area contributed by atoms with Gasteiger partial charge in [-0.2, -0.15) is 9.25 Å². The zero-order chi connectivity index (χ0) is 30.9. The van der Waals surface area contributed by atoms with Crippen LogP contribution in [0.5, 0.6) is 0 Å². The third kappa shape index (κ3) is 8.82. The number of alkyl halides is 1. The lowest BCUT2D eigenvalue weighted by Gasteiger charge is -2.35. The van der Waals surface area contributed by atoms with Gasteiger partial charge in [0.1, 0.15) is 0 Å². The second-order valence-electron chi connectivity index (χ2n) is 12.7. The van der Waals surface area contributed by atoms with Gasteiger partial charge in [-0.3, -0.25) is 14.5 Å². The number of nitrogens with one attached hydrogen (secondary N) is 2. The first-order valence-corrected chi connectivity index (χ1v) is 19.3. The Balaban J connectivity index is 1.10. The van der Waals surface area contributed by atoms with Crippen LogP contribution in [-0.4, -0.2) is 60.3 Å². The number of aliphatic imine (C=N–C) groups is 2. The highest BCUT2D eigenvalue weighted by molar-refractivity contribution is 7.53. The SMILES string of the molecule is O=P(CCCl)(ON1CCCN=C1Nc1ccc(C2CCCCC2)cc1)ON1CCCN=C1Nc1ccc(C2CCCCC2)cc1. The molecule has 2 N–H and O–H groups in total. The van der Waals surface area contributed by atoms with E-state index >= 15 is 0 Å². The smallest absolute Gasteiger partial charge is 0.324 e. The molecule has 0 amide bonds. The predicted octanol–water partition coefficient (Wildman–Crippen LogP) is 8.72. The van der Waals surface area contributed by atoms with E-state index in [1.165, 1.54) is 75.3 Å². The van der Waals surface area contributed by atoms with Gasteiger partial charge in [-0.05, 0) is 85.8 Å². The van der Waals surface area contributed by atoms with Crippen LogP contribution in [0.2, 0.25) is 0 Å². The Kier molecular flexibility index (Phi) is 11.4. The molecule has 0 radical (unpaired) electrons. The van der Waals surface area contributed by atoms with Crippen LogP contribution in [-0.2, 0) is 13.8 Å². The van der Waals surface area contributed by atoms with E-state index in [1.807, 2.05) is 0 Å². The molecule has 2 aliphatic heterocycles. The Bertz CT molecular complexity index is 1250. The van der Waals surface area contributed by atoms with Gasteiger partial charge in [-0.1, -0.05) is 62.8 Å². The van der Waals surface area contributed by atoms with Crippen LogP contribution in [0, 0.1) is 0 Å². The van der Waals surface area contributed by atoms with E-state index in [0.29, 0.717) is 49.9 Å². The van der Waals surface area contributed by atoms with E-state index in [2.05, 4.69) is 69.1 Å². The van der Waals surface area contributed by atoms with Gasteiger partial charge in [-0.15, -0.1) is 11.6 Å². The summed E-state index contributed by atoms with van der Waals surface area (Å²) in [6.45, 7) is 2.40. The molecular formula is C34H48ClN6O3P. The van der Waals surface area contributed by atoms with E-state index in [9.17, 15) is 4.57 Å². The summed E-state index contributed by atoms with van der Waals surface area (Å²) in [6.07, 6.45) is 14.6. The molecule has 6 rings (SSSR count). The Morgan fingerprint density at radius 3 is 1.49 bits per heavy atom. The van der Waals surface area contributed by atoms with Crippen molar-refractivity contribution in [2.75, 3.05) is 48.9 Å². The predicted molar refractivity (Wildman–Crippen MR) is 184 cm³/mol. The fourth-order valence-electron chi connectivity index (χ4n) is 6.84. The van der Waals surface area contributed by atoms with Crippen molar-refractivity contribution < 1.29 is 13.8 Å². The van der Waals surface area contributed by atoms with E-state index in [1.54, 1.807) is 10.1 Å². The summed E-state index contributed by atoms with van der Waals surface area (Å²) in [6, 6.07) is 17.2. The molecule has 2 saturated carbocycles. The fraction of sp³-hybridized carbons (Fsp3) is 0.588. The number of hydrogen-bond acceptors (Lipinski definition) is 9. The monoisotopic (exact) mass is 654 g/mol. The normalized spacial score (nSPS) is 20.5. The largest absolute Gasteiger partial charge is 0.374 e. The molecule has 2 heterocycles. The molecule has 2 aliphatic carbocycles. The van der Waals surface area contributed by atoms with Crippen LogP contribution in [0.3, 0.4) is 0 Å². The van der Waals surface area contributed by atoms with Gasteiger partial charge in [0.15, 0.2) is 0 Å². The van der Waals surface area contributed by atoms with E-state index in [0.717, 1.165) is 24.2 Å². The highest BCUT2D eigenvalue weighted by Crippen LogP contribution is 2.50. The molecule has 0 spiro atoms. The third-order valence-corrected chi connectivity index (χ3v) is 11.4. The molecule has 9 nitrogen and oxygen atoms in total. The van der Waals surface area contributed by atoms with Crippen molar-refractivity contribution in [2.45, 2.75) is 88.9 Å². The van der Waals surface area contributed by atoms with Crippen molar-refractivity contribution in [3.63, 3.8) is 0 Å². The molecule has 0 aromatic heterocycles. The maximum atomic E-state index is 14.2. The number of hydroxylamine groups is 4. The fourth-order valence-corrected chi connectivity index (χ4v) is 8.78. The Hall–Kier alpha value is -2.58. The van der Waals surface area contributed by atoms with Crippen LogP contribution in [0.15, 0.2) is 58.5 Å². The summed E-state index contributed by atoms with van der Waals surface area (Å²) >= 11 is 6.15. The molecule has 11 heteroatoms. The van der Waals surface area contributed by atoms with Crippen molar-refractivity contribution in [3.8, 4) is 0 Å². The summed E-state index contributed by atoms with van der Waals surface area (Å²) in [5, 5.41) is 9.93. The van der Waals surface area contributed by atoms with Gasteiger partial charge >= 0.3 is 7.60 Å². The first kappa shape index (κ1) is 32.4. The van der Waals surface area contributed by atoms with Gasteiger partial charge in [0.05, 0.1) is 19.3 Å². The molecule has 0 saturated heterocycles. The quantitative estimate of drug-likeness (QED) is 0.196. The average molecular weight is 655 g/mol. The molecule has 2 aromatic rings. The Labute approximate surface area is 273 Å². The second kappa shape index (κ2) is 15.8. The minimum absolute atomic E-state index is 0.0499. The lowest BCUT2D eigenvalue weighted by Crippen LogP contribution is -2.43. The summed E-state index contributed by atoms with van der Waals surface area (Å²) in [5.74, 6) is 2.47. The molecule has 45 heavy (non-hydrogen) atoms. The minimum atomic E-state index is -3.72. The van der Waals surface area contributed by atoms with Crippen LogP contribution in [0.1, 0.15) is 100 Å². The van der Waals surface area contributed by atoms with Crippen molar-refractivity contribution >= 4 is 42.5 Å². The summed E-state index contributed by atoms with van der Waals surface area (Å²) in [7, 11) is -3.72. The number of hydrogen-bond donors (Lipinski definition) is 2. The minimum Gasteiger partial charge on any atom is -0.324 e. The standard InChI is InChI=1S/C34H48ClN6O3P/c35-21-26-45(42,43-40-24-7-22-36-33(40)38-31-17-13-29(14-18-31)27-9-3-1-4-10-27)44-41-25-8-23-37-34(41)39-32-19-15-30(16-20-32)28-11-5-2-6-12-28/h13-20,27-28H,1-12,21-26H2,(H,36,38)(H,37,39). The first-order chi connectivity index (χ1) is 22.1. The van der Waals surface area contributed by atoms with Gasteiger partial charge in [0.2, 0.25) is 11.9 Å². The molecule has 4 aliphatic rings. The van der Waals surface area contributed by atoms with Crippen molar-refractivity contribution in [3.05, 3.63) is 59.7 Å². The highest BCUT2D eigenvalue weighted by atomic mass is 35.5. The van der Waals surface area contributed by atoms with Crippen molar-refractivity contribution in [2.24, 2.45) is 9.98 Å². The lowest BCUT2D eigenvalue weighted by molar-refractivity contribution is -0.0596. The van der Waals surface area contributed by atoms with Crippen LogP contribution < -0.4 is 10.6 Å². The maximum absolute atomic E-state index is 14.2. The number of nitrogens with zero attached hydrogens (tertiary/aromatic N) is 4. The average Bonchev–Trinajstić information content (AvgIpc) is 3.08. The molecular weight excluding hydrogens is 607 g/mol. The van der Waals surface area contributed by atoms with E-state index < -0.39 is 7.60 Å². The molecule has 2 aromatic carbocycles. The number of benzene rings is 2. The Morgan fingerprint density at radius 2 is 1.09 bits per heavy atom. The summed E-state index contributed by atoms with van der Waals surface area (Å²) in [4.78, 5) is 9.34. The maximum Gasteiger partial charge on any atom is 0.374 e. The van der Waals surface area contributed by atoms with Crippen LogP contribution >= 0.6 is 19.2 Å². The van der Waals surface area contributed by atoms with Crippen molar-refractivity contribution in [1.29, 1.82) is 0 Å². The molecule has 0 bridgehead atoms. The van der Waals surface area contributed by atoms with Crippen molar-refractivity contribution in [1.82, 2.24) is 10.1 Å². The number of halogens is 1.